The highest BCUT2D eigenvalue weighted by molar-refractivity contribution is 5.94. The van der Waals surface area contributed by atoms with Crippen molar-refractivity contribution in [2.45, 2.75) is 39.2 Å². The summed E-state index contributed by atoms with van der Waals surface area (Å²) < 4.78 is 5.10. The van der Waals surface area contributed by atoms with Gasteiger partial charge >= 0.3 is 12.0 Å². The van der Waals surface area contributed by atoms with Crippen molar-refractivity contribution in [3.8, 4) is 5.75 Å². The fourth-order valence-electron chi connectivity index (χ4n) is 2.06. The van der Waals surface area contributed by atoms with E-state index in [9.17, 15) is 14.7 Å². The third kappa shape index (κ3) is 3.87. The number of amides is 2. The van der Waals surface area contributed by atoms with Gasteiger partial charge in [-0.25, -0.2) is 9.59 Å². The van der Waals surface area contributed by atoms with Crippen molar-refractivity contribution in [2.75, 3.05) is 12.4 Å². The highest BCUT2D eigenvalue weighted by atomic mass is 16.5. The molecule has 0 fully saturated rings. The fraction of sp³-hybridized carbons (Fsp3) is 0.467. The van der Waals surface area contributed by atoms with Gasteiger partial charge in [-0.1, -0.05) is 13.8 Å². The molecule has 0 saturated carbocycles. The van der Waals surface area contributed by atoms with E-state index in [2.05, 4.69) is 10.6 Å². The Labute approximate surface area is 124 Å². The van der Waals surface area contributed by atoms with E-state index in [0.717, 1.165) is 5.56 Å². The summed E-state index contributed by atoms with van der Waals surface area (Å²) in [6.07, 6.45) is 0.627. The number of aryl methyl sites for hydroxylation is 1. The number of urea groups is 1. The number of ether oxygens (including phenoxy) is 1. The number of aliphatic carboxylic acids is 1. The van der Waals surface area contributed by atoms with Gasteiger partial charge in [0.15, 0.2) is 0 Å². The molecule has 0 unspecified atom stereocenters. The molecule has 1 rings (SSSR count). The van der Waals surface area contributed by atoms with E-state index < -0.39 is 17.5 Å². The SMILES string of the molecule is CCC(CC)(NC(=O)Nc1ccc(OC)cc1C)C(=O)O. The molecule has 0 atom stereocenters. The maximum Gasteiger partial charge on any atom is 0.329 e. The van der Waals surface area contributed by atoms with Crippen molar-refractivity contribution in [2.24, 2.45) is 0 Å². The lowest BCUT2D eigenvalue weighted by Crippen LogP contribution is -2.55. The van der Waals surface area contributed by atoms with E-state index in [4.69, 9.17) is 4.74 Å². The fourth-order valence-corrected chi connectivity index (χ4v) is 2.06. The van der Waals surface area contributed by atoms with Crippen LogP contribution in [0.4, 0.5) is 10.5 Å². The lowest BCUT2D eigenvalue weighted by atomic mass is 9.93. The summed E-state index contributed by atoms with van der Waals surface area (Å²) in [6, 6.07) is 4.70. The van der Waals surface area contributed by atoms with Gasteiger partial charge in [-0.3, -0.25) is 0 Å². The van der Waals surface area contributed by atoms with Gasteiger partial charge in [-0.2, -0.15) is 0 Å². The highest BCUT2D eigenvalue weighted by Crippen LogP contribution is 2.21. The highest BCUT2D eigenvalue weighted by Gasteiger charge is 2.36. The monoisotopic (exact) mass is 294 g/mol. The molecule has 6 heteroatoms. The van der Waals surface area contributed by atoms with Crippen molar-refractivity contribution < 1.29 is 19.4 Å². The standard InChI is InChI=1S/C15H22N2O4/c1-5-15(6-2,13(18)19)17-14(20)16-12-8-7-11(21-4)9-10(12)3/h7-9H,5-6H2,1-4H3,(H,18,19)(H2,16,17,20). The first-order valence-corrected chi connectivity index (χ1v) is 6.85. The Morgan fingerprint density at radius 3 is 2.33 bits per heavy atom. The maximum atomic E-state index is 12.0. The number of benzene rings is 1. The summed E-state index contributed by atoms with van der Waals surface area (Å²) in [4.78, 5) is 23.4. The number of hydrogen-bond donors (Lipinski definition) is 3. The molecule has 2 amide bonds. The van der Waals surface area contributed by atoms with Crippen molar-refractivity contribution in [3.05, 3.63) is 23.8 Å². The number of nitrogens with one attached hydrogen (secondary N) is 2. The topological polar surface area (TPSA) is 87.7 Å². The molecule has 6 nitrogen and oxygen atoms in total. The molecule has 0 aliphatic carbocycles. The lowest BCUT2D eigenvalue weighted by molar-refractivity contribution is -0.144. The summed E-state index contributed by atoms with van der Waals surface area (Å²) in [5.74, 6) is -0.338. The van der Waals surface area contributed by atoms with E-state index in [1.165, 1.54) is 0 Å². The molecule has 3 N–H and O–H groups in total. The van der Waals surface area contributed by atoms with Crippen LogP contribution in [0.5, 0.6) is 5.75 Å². The average molecular weight is 294 g/mol. The van der Waals surface area contributed by atoms with Gasteiger partial charge in [0.25, 0.3) is 0 Å². The number of rotatable bonds is 6. The third-order valence-corrected chi connectivity index (χ3v) is 3.65. The second kappa shape index (κ2) is 6.97. The zero-order chi connectivity index (χ0) is 16.0. The summed E-state index contributed by atoms with van der Waals surface area (Å²) >= 11 is 0. The predicted molar refractivity (Wildman–Crippen MR) is 80.8 cm³/mol. The number of carboxylic acid groups (broad SMARTS) is 1. The van der Waals surface area contributed by atoms with Gasteiger partial charge in [-0.15, -0.1) is 0 Å². The summed E-state index contributed by atoms with van der Waals surface area (Å²) in [5, 5.41) is 14.5. The molecule has 0 radical (unpaired) electrons. The molecule has 1 aromatic carbocycles. The van der Waals surface area contributed by atoms with E-state index in [1.54, 1.807) is 39.2 Å². The van der Waals surface area contributed by atoms with Crippen LogP contribution in [-0.4, -0.2) is 29.8 Å². The van der Waals surface area contributed by atoms with Crippen molar-refractivity contribution in [1.29, 1.82) is 0 Å². The number of carboxylic acids is 1. The quantitative estimate of drug-likeness (QED) is 0.752. The van der Waals surface area contributed by atoms with Crippen LogP contribution in [0.3, 0.4) is 0 Å². The van der Waals surface area contributed by atoms with Gasteiger partial charge in [0.1, 0.15) is 11.3 Å². The number of carbonyl (C=O) groups is 2. The van der Waals surface area contributed by atoms with Crippen molar-refractivity contribution in [3.63, 3.8) is 0 Å². The first-order valence-electron chi connectivity index (χ1n) is 6.85. The minimum atomic E-state index is -1.25. The van der Waals surface area contributed by atoms with Crippen LogP contribution in [0.2, 0.25) is 0 Å². The Bertz CT molecular complexity index is 524. The molecule has 0 aromatic heterocycles. The number of methoxy groups -OCH3 is 1. The molecule has 0 aliphatic rings. The Morgan fingerprint density at radius 2 is 1.90 bits per heavy atom. The lowest BCUT2D eigenvalue weighted by Gasteiger charge is -2.28. The molecule has 21 heavy (non-hydrogen) atoms. The average Bonchev–Trinajstić information content (AvgIpc) is 2.46. The molecule has 0 heterocycles. The zero-order valence-electron chi connectivity index (χ0n) is 12.8. The smallest absolute Gasteiger partial charge is 0.329 e. The van der Waals surface area contributed by atoms with Crippen LogP contribution < -0.4 is 15.4 Å². The molecule has 0 aliphatic heterocycles. The van der Waals surface area contributed by atoms with Crippen LogP contribution in [0, 0.1) is 6.92 Å². The summed E-state index contributed by atoms with van der Waals surface area (Å²) in [6.45, 7) is 5.30. The first-order chi connectivity index (χ1) is 9.88. The molecule has 116 valence electrons. The Balaban J connectivity index is 2.84. The largest absolute Gasteiger partial charge is 0.497 e. The second-order valence-electron chi connectivity index (χ2n) is 4.85. The summed E-state index contributed by atoms with van der Waals surface area (Å²) in [5.41, 5.74) is 0.197. The Hall–Kier alpha value is -2.24. The van der Waals surface area contributed by atoms with E-state index in [1.807, 2.05) is 6.92 Å². The van der Waals surface area contributed by atoms with Crippen LogP contribution >= 0.6 is 0 Å². The van der Waals surface area contributed by atoms with Gasteiger partial charge in [0.05, 0.1) is 7.11 Å². The zero-order valence-corrected chi connectivity index (χ0v) is 12.8. The second-order valence-corrected chi connectivity index (χ2v) is 4.85. The number of anilines is 1. The van der Waals surface area contributed by atoms with E-state index in [-0.39, 0.29) is 0 Å². The third-order valence-electron chi connectivity index (χ3n) is 3.65. The molecule has 0 bridgehead atoms. The van der Waals surface area contributed by atoms with Crippen LogP contribution in [0.15, 0.2) is 18.2 Å². The molecule has 1 aromatic rings. The predicted octanol–water partition coefficient (Wildman–Crippen LogP) is 2.77. The van der Waals surface area contributed by atoms with Gasteiger partial charge in [-0.05, 0) is 43.5 Å². The van der Waals surface area contributed by atoms with E-state index >= 15 is 0 Å². The molecule has 0 spiro atoms. The van der Waals surface area contributed by atoms with Crippen molar-refractivity contribution >= 4 is 17.7 Å². The first kappa shape index (κ1) is 16.8. The number of hydrogen-bond acceptors (Lipinski definition) is 3. The van der Waals surface area contributed by atoms with Gasteiger partial charge in [0.2, 0.25) is 0 Å². The van der Waals surface area contributed by atoms with Gasteiger partial charge < -0.3 is 20.5 Å². The van der Waals surface area contributed by atoms with E-state index in [0.29, 0.717) is 24.3 Å². The molecular formula is C15H22N2O4. The summed E-state index contributed by atoms with van der Waals surface area (Å²) in [7, 11) is 1.57. The minimum Gasteiger partial charge on any atom is -0.497 e. The minimum absolute atomic E-state index is 0.313. The Morgan fingerprint density at radius 1 is 1.29 bits per heavy atom. The van der Waals surface area contributed by atoms with Crippen molar-refractivity contribution in [1.82, 2.24) is 5.32 Å². The maximum absolute atomic E-state index is 12.0. The Kier molecular flexibility index (Phi) is 5.58. The van der Waals surface area contributed by atoms with Crippen LogP contribution in [0.1, 0.15) is 32.3 Å². The van der Waals surface area contributed by atoms with Crippen LogP contribution in [-0.2, 0) is 4.79 Å². The molecular weight excluding hydrogens is 272 g/mol. The van der Waals surface area contributed by atoms with Gasteiger partial charge in [0, 0.05) is 5.69 Å². The normalized spacial score (nSPS) is 10.9. The number of carbonyl (C=O) groups excluding carboxylic acids is 1. The van der Waals surface area contributed by atoms with Crippen LogP contribution in [0.25, 0.3) is 0 Å². The molecule has 0 saturated heterocycles.